The summed E-state index contributed by atoms with van der Waals surface area (Å²) in [5, 5.41) is 11.9. The summed E-state index contributed by atoms with van der Waals surface area (Å²) < 4.78 is 0. The fraction of sp³-hybridized carbons (Fsp3) is 0. The van der Waals surface area contributed by atoms with Crippen LogP contribution in [0, 0.1) is 0 Å². The van der Waals surface area contributed by atoms with Crippen molar-refractivity contribution in [2.75, 3.05) is 5.48 Å². The Kier molecular flexibility index (Phi) is 3.47. The van der Waals surface area contributed by atoms with Gasteiger partial charge in [-0.05, 0) is 24.3 Å². The molecule has 0 aromatic heterocycles. The molecule has 0 bridgehead atoms. The monoisotopic (exact) mass is 209 g/mol. The average molecular weight is 209 g/mol. The second-order valence-corrected chi connectivity index (χ2v) is 2.67. The standard InChI is InChI=1S/C8H11N5O2/c9-8(10)12-11-7(14)5-1-3-6(13-15)4-2-5/h1-4,13,15H,(H,11,14)(H4,9,10,12). The van der Waals surface area contributed by atoms with E-state index in [1.807, 2.05) is 5.48 Å². The van der Waals surface area contributed by atoms with Crippen LogP contribution >= 0.6 is 0 Å². The molecule has 0 aliphatic heterocycles. The molecule has 0 saturated heterocycles. The highest BCUT2D eigenvalue weighted by molar-refractivity contribution is 5.95. The lowest BCUT2D eigenvalue weighted by Crippen LogP contribution is -2.28. The minimum Gasteiger partial charge on any atom is -0.369 e. The largest absolute Gasteiger partial charge is 0.369 e. The van der Waals surface area contributed by atoms with Gasteiger partial charge in [0.15, 0.2) is 0 Å². The molecule has 0 saturated carbocycles. The number of amides is 1. The molecule has 0 radical (unpaired) electrons. The first-order valence-corrected chi connectivity index (χ1v) is 4.02. The van der Waals surface area contributed by atoms with Crippen LogP contribution in [0.2, 0.25) is 0 Å². The van der Waals surface area contributed by atoms with Crippen molar-refractivity contribution in [3.8, 4) is 0 Å². The molecule has 15 heavy (non-hydrogen) atoms. The number of nitrogens with one attached hydrogen (secondary N) is 2. The molecule has 0 aliphatic carbocycles. The number of nitrogens with zero attached hydrogens (tertiary/aromatic N) is 1. The lowest BCUT2D eigenvalue weighted by molar-refractivity contribution is 0.0954. The lowest BCUT2D eigenvalue weighted by Gasteiger charge is -2.01. The summed E-state index contributed by atoms with van der Waals surface area (Å²) in [4.78, 5) is 11.3. The predicted molar refractivity (Wildman–Crippen MR) is 55.1 cm³/mol. The Balaban J connectivity index is 2.70. The molecule has 0 atom stereocenters. The predicted octanol–water partition coefficient (Wildman–Crippen LogP) is -0.594. The average Bonchev–Trinajstić information content (AvgIpc) is 2.26. The minimum atomic E-state index is -0.437. The molecular formula is C8H11N5O2. The maximum atomic E-state index is 11.3. The first-order chi connectivity index (χ1) is 7.13. The quantitative estimate of drug-likeness (QED) is 0.258. The van der Waals surface area contributed by atoms with Crippen molar-refractivity contribution in [2.24, 2.45) is 16.6 Å². The van der Waals surface area contributed by atoms with Crippen LogP contribution in [-0.2, 0) is 0 Å². The van der Waals surface area contributed by atoms with E-state index >= 15 is 0 Å². The van der Waals surface area contributed by atoms with Gasteiger partial charge in [0.05, 0.1) is 5.69 Å². The van der Waals surface area contributed by atoms with Gasteiger partial charge in [-0.25, -0.2) is 5.43 Å². The van der Waals surface area contributed by atoms with Gasteiger partial charge in [0.25, 0.3) is 5.91 Å². The highest BCUT2D eigenvalue weighted by Crippen LogP contribution is 2.07. The summed E-state index contributed by atoms with van der Waals surface area (Å²) in [5.41, 5.74) is 15.0. The lowest BCUT2D eigenvalue weighted by atomic mass is 10.2. The van der Waals surface area contributed by atoms with Crippen molar-refractivity contribution in [2.45, 2.75) is 0 Å². The zero-order valence-corrected chi connectivity index (χ0v) is 7.77. The van der Waals surface area contributed by atoms with Gasteiger partial charge in [-0.2, -0.15) is 0 Å². The molecule has 7 heteroatoms. The summed E-state index contributed by atoms with van der Waals surface area (Å²) in [6.07, 6.45) is 0. The summed E-state index contributed by atoms with van der Waals surface area (Å²) in [6.45, 7) is 0. The van der Waals surface area contributed by atoms with Crippen LogP contribution < -0.4 is 22.4 Å². The van der Waals surface area contributed by atoms with Crippen LogP contribution in [0.25, 0.3) is 0 Å². The highest BCUT2D eigenvalue weighted by Gasteiger charge is 2.03. The summed E-state index contributed by atoms with van der Waals surface area (Å²) >= 11 is 0. The molecule has 0 heterocycles. The molecule has 0 fully saturated rings. The van der Waals surface area contributed by atoms with Crippen LogP contribution in [0.1, 0.15) is 10.4 Å². The Hall–Kier alpha value is -2.28. The maximum absolute atomic E-state index is 11.3. The number of hydrogen-bond donors (Lipinski definition) is 5. The summed E-state index contributed by atoms with van der Waals surface area (Å²) in [5.74, 6) is -0.662. The molecule has 7 N–H and O–H groups in total. The van der Waals surface area contributed by atoms with Crippen LogP contribution in [-0.4, -0.2) is 17.1 Å². The van der Waals surface area contributed by atoms with Crippen LogP contribution in [0.4, 0.5) is 5.69 Å². The van der Waals surface area contributed by atoms with Gasteiger partial charge in [0.1, 0.15) is 0 Å². The molecule has 0 unspecified atom stereocenters. The second-order valence-electron chi connectivity index (χ2n) is 2.67. The zero-order chi connectivity index (χ0) is 11.3. The maximum Gasteiger partial charge on any atom is 0.271 e. The number of rotatable bonds is 3. The van der Waals surface area contributed by atoms with Crippen molar-refractivity contribution in [1.29, 1.82) is 0 Å². The molecule has 0 aliphatic rings. The van der Waals surface area contributed by atoms with E-state index in [1.165, 1.54) is 24.3 Å². The Morgan fingerprint density at radius 3 is 2.33 bits per heavy atom. The summed E-state index contributed by atoms with van der Waals surface area (Å²) in [6, 6.07) is 6.08. The van der Waals surface area contributed by atoms with E-state index in [2.05, 4.69) is 10.5 Å². The van der Waals surface area contributed by atoms with Crippen molar-refractivity contribution in [1.82, 2.24) is 5.43 Å². The second kappa shape index (κ2) is 4.82. The van der Waals surface area contributed by atoms with Gasteiger partial charge in [0.2, 0.25) is 5.96 Å². The molecule has 80 valence electrons. The Bertz CT molecular complexity index is 369. The SMILES string of the molecule is NC(N)=NNC(=O)c1ccc(NO)cc1. The molecule has 1 rings (SSSR count). The Morgan fingerprint density at radius 2 is 1.87 bits per heavy atom. The van der Waals surface area contributed by atoms with E-state index in [9.17, 15) is 4.79 Å². The molecule has 0 spiro atoms. The van der Waals surface area contributed by atoms with Crippen molar-refractivity contribution in [3.63, 3.8) is 0 Å². The van der Waals surface area contributed by atoms with Crippen LogP contribution in [0.3, 0.4) is 0 Å². The first kappa shape index (κ1) is 10.8. The van der Waals surface area contributed by atoms with Crippen LogP contribution in [0.5, 0.6) is 0 Å². The normalized spacial score (nSPS) is 9.13. The van der Waals surface area contributed by atoms with Crippen molar-refractivity contribution >= 4 is 17.6 Å². The van der Waals surface area contributed by atoms with Gasteiger partial charge >= 0.3 is 0 Å². The van der Waals surface area contributed by atoms with Gasteiger partial charge in [-0.3, -0.25) is 15.5 Å². The zero-order valence-electron chi connectivity index (χ0n) is 7.77. The molecule has 1 aromatic rings. The topological polar surface area (TPSA) is 126 Å². The molecule has 1 aromatic carbocycles. The number of nitrogens with two attached hydrogens (primary N) is 2. The van der Waals surface area contributed by atoms with E-state index in [0.29, 0.717) is 11.3 Å². The van der Waals surface area contributed by atoms with Crippen molar-refractivity contribution < 1.29 is 10.0 Å². The van der Waals surface area contributed by atoms with Crippen molar-refractivity contribution in [3.05, 3.63) is 29.8 Å². The fourth-order valence-corrected chi connectivity index (χ4v) is 0.876. The Labute approximate surface area is 85.7 Å². The van der Waals surface area contributed by atoms with Gasteiger partial charge in [-0.1, -0.05) is 0 Å². The molecule has 7 nitrogen and oxygen atoms in total. The number of anilines is 1. The first-order valence-electron chi connectivity index (χ1n) is 4.02. The number of hydrazone groups is 1. The highest BCUT2D eigenvalue weighted by atomic mass is 16.5. The number of benzene rings is 1. The fourth-order valence-electron chi connectivity index (χ4n) is 0.876. The summed E-state index contributed by atoms with van der Waals surface area (Å²) in [7, 11) is 0. The van der Waals surface area contributed by atoms with E-state index in [-0.39, 0.29) is 5.96 Å². The van der Waals surface area contributed by atoms with Gasteiger partial charge < -0.3 is 11.5 Å². The number of carbonyl (C=O) groups is 1. The van der Waals surface area contributed by atoms with E-state index < -0.39 is 5.91 Å². The van der Waals surface area contributed by atoms with Crippen LogP contribution in [0.15, 0.2) is 29.4 Å². The van der Waals surface area contributed by atoms with E-state index in [1.54, 1.807) is 0 Å². The van der Waals surface area contributed by atoms with E-state index in [4.69, 9.17) is 16.7 Å². The Morgan fingerprint density at radius 1 is 1.27 bits per heavy atom. The third kappa shape index (κ3) is 3.16. The molecular weight excluding hydrogens is 198 g/mol. The third-order valence-corrected chi connectivity index (χ3v) is 1.56. The van der Waals surface area contributed by atoms with Gasteiger partial charge in [-0.15, -0.1) is 5.10 Å². The number of hydrogen-bond acceptors (Lipinski definition) is 4. The number of carbonyl (C=O) groups excluding carboxylic acids is 1. The third-order valence-electron chi connectivity index (χ3n) is 1.56. The number of guanidine groups is 1. The van der Waals surface area contributed by atoms with E-state index in [0.717, 1.165) is 0 Å². The van der Waals surface area contributed by atoms with Gasteiger partial charge in [0, 0.05) is 5.56 Å². The molecule has 1 amide bonds. The smallest absolute Gasteiger partial charge is 0.271 e. The minimum absolute atomic E-state index is 0.225.